The minimum Gasteiger partial charge on any atom is -0.383 e. The molecule has 0 unspecified atom stereocenters. The molecule has 2 rings (SSSR count). The smallest absolute Gasteiger partial charge is 0.269 e. The molecule has 0 radical (unpaired) electrons. The Balaban J connectivity index is 1.95. The molecule has 0 aliphatic rings. The van der Waals surface area contributed by atoms with Crippen LogP contribution in [0.4, 0.5) is 11.4 Å². The number of amides is 1. The first-order valence-corrected chi connectivity index (χ1v) is 9.93. The van der Waals surface area contributed by atoms with E-state index in [1.54, 1.807) is 12.1 Å². The molecule has 9 nitrogen and oxygen atoms in total. The molecule has 2 N–H and O–H groups in total. The summed E-state index contributed by atoms with van der Waals surface area (Å²) in [5.41, 5.74) is 0.830. The molecule has 0 saturated heterocycles. The average molecular weight is 427 g/mol. The second kappa shape index (κ2) is 9.00. The molecule has 0 aromatic heterocycles. The highest BCUT2D eigenvalue weighted by Crippen LogP contribution is 2.24. The van der Waals surface area contributed by atoms with Gasteiger partial charge in [-0.1, -0.05) is 11.6 Å². The molecule has 0 aliphatic heterocycles. The number of hydrogen-bond acceptors (Lipinski definition) is 6. The number of benzene rings is 2. The van der Waals surface area contributed by atoms with Gasteiger partial charge in [0.25, 0.3) is 11.6 Å². The largest absolute Gasteiger partial charge is 0.383 e. The molecule has 0 saturated carbocycles. The van der Waals surface area contributed by atoms with E-state index in [-0.39, 0.29) is 27.7 Å². The fraction of sp³-hybridized carbons (Fsp3) is 0.235. The van der Waals surface area contributed by atoms with E-state index < -0.39 is 20.9 Å². The number of nitro benzene ring substituents is 1. The summed E-state index contributed by atoms with van der Waals surface area (Å²) in [7, 11) is -1.02. The lowest BCUT2D eigenvalue weighted by Crippen LogP contribution is -2.29. The summed E-state index contributed by atoms with van der Waals surface area (Å²) < 4.78 is 25.6. The number of non-ortho nitro benzene ring substituents is 1. The van der Waals surface area contributed by atoms with Crippen LogP contribution in [0.5, 0.6) is 0 Å². The van der Waals surface area contributed by atoms with Gasteiger partial charge in [0, 0.05) is 50.6 Å². The molecule has 0 heterocycles. The van der Waals surface area contributed by atoms with Crippen LogP contribution in [-0.4, -0.2) is 50.7 Å². The lowest BCUT2D eigenvalue weighted by Gasteiger charge is -2.14. The van der Waals surface area contributed by atoms with Gasteiger partial charge in [0.15, 0.2) is 0 Å². The first-order chi connectivity index (χ1) is 13.1. The number of anilines is 1. The zero-order valence-electron chi connectivity index (χ0n) is 15.2. The van der Waals surface area contributed by atoms with Gasteiger partial charge in [-0.2, -0.15) is 0 Å². The Hall–Kier alpha value is -2.69. The normalized spacial score (nSPS) is 11.3. The maximum Gasteiger partial charge on any atom is 0.269 e. The number of nitro groups is 1. The van der Waals surface area contributed by atoms with Crippen molar-refractivity contribution in [1.82, 2.24) is 9.62 Å². The Morgan fingerprint density at radius 1 is 1.14 bits per heavy atom. The third-order valence-corrected chi connectivity index (χ3v) is 6.07. The van der Waals surface area contributed by atoms with Crippen LogP contribution in [0.3, 0.4) is 0 Å². The van der Waals surface area contributed by atoms with Crippen LogP contribution in [-0.2, 0) is 10.0 Å². The van der Waals surface area contributed by atoms with E-state index in [0.29, 0.717) is 12.2 Å². The van der Waals surface area contributed by atoms with Crippen molar-refractivity contribution in [2.45, 2.75) is 4.90 Å². The maximum atomic E-state index is 12.3. The van der Waals surface area contributed by atoms with Crippen molar-refractivity contribution in [2.75, 3.05) is 32.5 Å². The number of carbonyl (C=O) groups excluding carboxylic acids is 1. The number of rotatable bonds is 8. The highest BCUT2D eigenvalue weighted by Gasteiger charge is 2.22. The van der Waals surface area contributed by atoms with Crippen molar-refractivity contribution in [3.63, 3.8) is 0 Å². The molecular weight excluding hydrogens is 408 g/mol. The zero-order valence-corrected chi connectivity index (χ0v) is 16.7. The van der Waals surface area contributed by atoms with Crippen LogP contribution in [0.15, 0.2) is 47.4 Å². The van der Waals surface area contributed by atoms with E-state index in [2.05, 4.69) is 10.6 Å². The summed E-state index contributed by atoms with van der Waals surface area (Å²) in [4.78, 5) is 22.3. The third-order valence-electron chi connectivity index (χ3n) is 3.77. The number of sulfonamides is 1. The summed E-state index contributed by atoms with van der Waals surface area (Å²) in [5.74, 6) is -0.447. The SMILES string of the molecule is CN(C)S(=O)(=O)c1cc(C(=O)NCCNc2ccc([N+](=O)[O-])cc2)ccc1Cl. The van der Waals surface area contributed by atoms with Crippen molar-refractivity contribution in [2.24, 2.45) is 0 Å². The molecule has 0 atom stereocenters. The number of nitrogens with one attached hydrogen (secondary N) is 2. The Kier molecular flexibility index (Phi) is 6.95. The highest BCUT2D eigenvalue weighted by atomic mass is 35.5. The maximum absolute atomic E-state index is 12.3. The molecule has 2 aromatic carbocycles. The number of nitrogens with zero attached hydrogens (tertiary/aromatic N) is 2. The predicted molar refractivity (Wildman–Crippen MR) is 106 cm³/mol. The van der Waals surface area contributed by atoms with Gasteiger partial charge in [-0.05, 0) is 30.3 Å². The molecule has 0 fully saturated rings. The molecule has 28 heavy (non-hydrogen) atoms. The number of halogens is 1. The average Bonchev–Trinajstić information content (AvgIpc) is 2.65. The van der Waals surface area contributed by atoms with Crippen LogP contribution in [0.2, 0.25) is 5.02 Å². The Morgan fingerprint density at radius 3 is 2.36 bits per heavy atom. The van der Waals surface area contributed by atoms with Crippen molar-refractivity contribution in [1.29, 1.82) is 0 Å². The molecule has 1 amide bonds. The quantitative estimate of drug-likeness (QED) is 0.379. The van der Waals surface area contributed by atoms with Crippen molar-refractivity contribution in [3.05, 3.63) is 63.2 Å². The van der Waals surface area contributed by atoms with Gasteiger partial charge in [-0.15, -0.1) is 0 Å². The van der Waals surface area contributed by atoms with Crippen molar-refractivity contribution >= 4 is 38.9 Å². The Labute approximate surface area is 167 Å². The molecule has 0 bridgehead atoms. The first-order valence-electron chi connectivity index (χ1n) is 8.11. The fourth-order valence-corrected chi connectivity index (χ4v) is 3.62. The van der Waals surface area contributed by atoms with Crippen LogP contribution < -0.4 is 10.6 Å². The monoisotopic (exact) mass is 426 g/mol. The molecule has 2 aromatic rings. The van der Waals surface area contributed by atoms with Crippen LogP contribution in [0.1, 0.15) is 10.4 Å². The van der Waals surface area contributed by atoms with Crippen LogP contribution in [0.25, 0.3) is 0 Å². The number of carbonyl (C=O) groups is 1. The van der Waals surface area contributed by atoms with E-state index >= 15 is 0 Å². The second-order valence-electron chi connectivity index (χ2n) is 5.92. The summed E-state index contributed by atoms with van der Waals surface area (Å²) in [6.07, 6.45) is 0. The second-order valence-corrected chi connectivity index (χ2v) is 8.45. The molecular formula is C17H19ClN4O5S. The van der Waals surface area contributed by atoms with Gasteiger partial charge >= 0.3 is 0 Å². The Bertz CT molecular complexity index is 978. The van der Waals surface area contributed by atoms with Gasteiger partial charge in [-0.25, -0.2) is 12.7 Å². The molecule has 11 heteroatoms. The Morgan fingerprint density at radius 2 is 1.79 bits per heavy atom. The van der Waals surface area contributed by atoms with Gasteiger partial charge in [0.2, 0.25) is 10.0 Å². The third kappa shape index (κ3) is 5.18. The zero-order chi connectivity index (χ0) is 20.9. The topological polar surface area (TPSA) is 122 Å². The summed E-state index contributed by atoms with van der Waals surface area (Å²) in [6, 6.07) is 9.92. The summed E-state index contributed by atoms with van der Waals surface area (Å²) in [6.45, 7) is 0.633. The van der Waals surface area contributed by atoms with E-state index in [1.165, 1.54) is 44.4 Å². The standard InChI is InChI=1S/C17H19ClN4O5S/c1-21(2)28(26,27)16-11-12(3-8-15(16)18)17(23)20-10-9-19-13-4-6-14(7-5-13)22(24)25/h3-8,11,19H,9-10H2,1-2H3,(H,20,23). The molecule has 0 aliphatic carbocycles. The minimum atomic E-state index is -3.77. The molecule has 0 spiro atoms. The summed E-state index contributed by atoms with van der Waals surface area (Å²) >= 11 is 5.97. The van der Waals surface area contributed by atoms with E-state index in [0.717, 1.165) is 4.31 Å². The predicted octanol–water partition coefficient (Wildman–Crippen LogP) is 2.34. The van der Waals surface area contributed by atoms with Gasteiger partial charge in [0.05, 0.1) is 9.95 Å². The van der Waals surface area contributed by atoms with Crippen molar-refractivity contribution < 1.29 is 18.1 Å². The minimum absolute atomic E-state index is 0.00919. The number of hydrogen-bond donors (Lipinski definition) is 2. The summed E-state index contributed by atoms with van der Waals surface area (Å²) in [5, 5.41) is 16.3. The van der Waals surface area contributed by atoms with Crippen molar-refractivity contribution in [3.8, 4) is 0 Å². The van der Waals surface area contributed by atoms with Crippen LogP contribution >= 0.6 is 11.6 Å². The van der Waals surface area contributed by atoms with Crippen LogP contribution in [0, 0.1) is 10.1 Å². The van der Waals surface area contributed by atoms with E-state index in [1.807, 2.05) is 0 Å². The first kappa shape index (κ1) is 21.6. The highest BCUT2D eigenvalue weighted by molar-refractivity contribution is 7.89. The van der Waals surface area contributed by atoms with E-state index in [4.69, 9.17) is 11.6 Å². The molecule has 150 valence electrons. The van der Waals surface area contributed by atoms with Gasteiger partial charge in [-0.3, -0.25) is 14.9 Å². The van der Waals surface area contributed by atoms with Gasteiger partial charge < -0.3 is 10.6 Å². The lowest BCUT2D eigenvalue weighted by molar-refractivity contribution is -0.384. The fourth-order valence-electron chi connectivity index (χ4n) is 2.22. The van der Waals surface area contributed by atoms with Gasteiger partial charge in [0.1, 0.15) is 4.90 Å². The van der Waals surface area contributed by atoms with E-state index in [9.17, 15) is 23.3 Å². The lowest BCUT2D eigenvalue weighted by atomic mass is 10.2.